The summed E-state index contributed by atoms with van der Waals surface area (Å²) in [7, 11) is 0. The van der Waals surface area contributed by atoms with Crippen LogP contribution >= 0.6 is 0 Å². The number of rotatable bonds is 5. The third-order valence-corrected chi connectivity index (χ3v) is 14.9. The second-order valence-corrected chi connectivity index (χ2v) is 18.2. The zero-order valence-corrected chi connectivity index (χ0v) is 34.5. The Labute approximate surface area is 352 Å². The smallest absolute Gasteiger partial charge is 0.0543 e. The molecule has 1 heteroatoms. The van der Waals surface area contributed by atoms with Crippen molar-refractivity contribution in [2.24, 2.45) is 5.41 Å². The zero-order chi connectivity index (χ0) is 40.2. The van der Waals surface area contributed by atoms with Crippen molar-refractivity contribution in [2.45, 2.75) is 51.5 Å². The van der Waals surface area contributed by atoms with E-state index in [1.165, 1.54) is 124 Å². The van der Waals surface area contributed by atoms with E-state index in [0.717, 1.165) is 0 Å². The highest BCUT2D eigenvalue weighted by Gasteiger charge is 2.58. The van der Waals surface area contributed by atoms with Crippen LogP contribution in [0.25, 0.3) is 87.6 Å². The minimum absolute atomic E-state index is 0.0444. The Kier molecular flexibility index (Phi) is 7.73. The van der Waals surface area contributed by atoms with Crippen molar-refractivity contribution in [3.8, 4) is 44.5 Å². The standard InChI is InChI=1S/C59H47N/c1-58(2)34-16-27-54-53-35-41(28-33-55(53)60(59(54,58)3)42-23-11-6-12-24-42)51-36-49(39-17-7-4-8-18-39)45-31-32-48-52(44-26-15-22-38-21-13-14-25-43(38)44)37-50(40-19-9-5-10-20-40)46-29-30-47(51)56(45)57(46)48/h4-15,17-26,28-33,35-37,54H,16,27,34H2,1-3H3. The van der Waals surface area contributed by atoms with Gasteiger partial charge in [0.25, 0.3) is 0 Å². The van der Waals surface area contributed by atoms with E-state index in [1.54, 1.807) is 0 Å². The zero-order valence-electron chi connectivity index (χ0n) is 34.5. The number of hydrogen-bond acceptors (Lipinski definition) is 1. The Hall–Kier alpha value is -6.70. The molecule has 0 bridgehead atoms. The average Bonchev–Trinajstić information content (AvgIpc) is 3.57. The number of hydrogen-bond donors (Lipinski definition) is 0. The van der Waals surface area contributed by atoms with Gasteiger partial charge in [0.15, 0.2) is 0 Å². The van der Waals surface area contributed by atoms with Gasteiger partial charge in [0.1, 0.15) is 0 Å². The molecule has 1 nitrogen and oxygen atoms in total. The third-order valence-electron chi connectivity index (χ3n) is 14.9. The summed E-state index contributed by atoms with van der Waals surface area (Å²) >= 11 is 0. The summed E-state index contributed by atoms with van der Waals surface area (Å²) in [5, 5.41) is 10.4. The van der Waals surface area contributed by atoms with E-state index < -0.39 is 0 Å². The highest BCUT2D eigenvalue weighted by atomic mass is 15.3. The third kappa shape index (κ3) is 4.99. The number of fused-ring (bicyclic) bond motifs is 4. The first-order valence-electron chi connectivity index (χ1n) is 21.8. The maximum Gasteiger partial charge on any atom is 0.0543 e. The first kappa shape index (κ1) is 35.3. The lowest BCUT2D eigenvalue weighted by Crippen LogP contribution is -2.56. The van der Waals surface area contributed by atoms with Crippen LogP contribution in [0.1, 0.15) is 51.5 Å². The summed E-state index contributed by atoms with van der Waals surface area (Å²) in [5.41, 5.74) is 14.4. The molecule has 0 radical (unpaired) electrons. The molecule has 2 unspecified atom stereocenters. The summed E-state index contributed by atoms with van der Waals surface area (Å²) in [5.74, 6) is 0.432. The Bertz CT molecular complexity index is 3270. The molecule has 0 amide bonds. The maximum atomic E-state index is 2.70. The van der Waals surface area contributed by atoms with E-state index in [1.807, 2.05) is 0 Å². The first-order valence-corrected chi connectivity index (χ1v) is 21.8. The minimum Gasteiger partial charge on any atom is -0.334 e. The monoisotopic (exact) mass is 769 g/mol. The van der Waals surface area contributed by atoms with Gasteiger partial charge in [-0.2, -0.15) is 0 Å². The molecule has 1 fully saturated rings. The van der Waals surface area contributed by atoms with Gasteiger partial charge in [-0.3, -0.25) is 0 Å². The Morgan fingerprint density at radius 2 is 0.967 bits per heavy atom. The molecule has 1 aliphatic carbocycles. The van der Waals surface area contributed by atoms with Crippen LogP contribution in [0.15, 0.2) is 188 Å². The van der Waals surface area contributed by atoms with Crippen molar-refractivity contribution in [3.63, 3.8) is 0 Å². The quantitative estimate of drug-likeness (QED) is 0.158. The van der Waals surface area contributed by atoms with Crippen LogP contribution in [0.5, 0.6) is 0 Å². The molecular formula is C59H47N. The van der Waals surface area contributed by atoms with Gasteiger partial charge >= 0.3 is 0 Å². The fourth-order valence-corrected chi connectivity index (χ4v) is 11.7. The molecule has 0 N–H and O–H groups in total. The molecule has 1 heterocycles. The molecule has 2 atom stereocenters. The van der Waals surface area contributed by atoms with E-state index in [4.69, 9.17) is 0 Å². The van der Waals surface area contributed by atoms with Crippen molar-refractivity contribution >= 4 is 54.5 Å². The van der Waals surface area contributed by atoms with Gasteiger partial charge in [0, 0.05) is 17.3 Å². The van der Waals surface area contributed by atoms with Crippen molar-refractivity contribution in [2.75, 3.05) is 4.90 Å². The van der Waals surface area contributed by atoms with Gasteiger partial charge in [0.2, 0.25) is 0 Å². The number of para-hydroxylation sites is 1. The van der Waals surface area contributed by atoms with Gasteiger partial charge in [-0.05, 0) is 155 Å². The molecule has 1 aliphatic heterocycles. The summed E-state index contributed by atoms with van der Waals surface area (Å²) < 4.78 is 0. The lowest BCUT2D eigenvalue weighted by molar-refractivity contribution is 0.101. The van der Waals surface area contributed by atoms with Crippen LogP contribution in [0.3, 0.4) is 0 Å². The number of nitrogens with zero attached hydrogens (tertiary/aromatic N) is 1. The van der Waals surface area contributed by atoms with Crippen molar-refractivity contribution in [1.29, 1.82) is 0 Å². The minimum atomic E-state index is -0.0444. The Balaban J connectivity index is 1.18. The first-order chi connectivity index (χ1) is 29.4. The molecule has 2 aliphatic rings. The van der Waals surface area contributed by atoms with Gasteiger partial charge in [-0.25, -0.2) is 0 Å². The van der Waals surface area contributed by atoms with Crippen LogP contribution in [0.4, 0.5) is 11.4 Å². The fraction of sp³-hybridized carbons (Fsp3) is 0.153. The summed E-state index contributed by atoms with van der Waals surface area (Å²) in [6.45, 7) is 7.56. The Morgan fingerprint density at radius 1 is 0.433 bits per heavy atom. The molecule has 1 saturated carbocycles. The topological polar surface area (TPSA) is 3.24 Å². The van der Waals surface area contributed by atoms with E-state index in [0.29, 0.717) is 5.92 Å². The van der Waals surface area contributed by atoms with Crippen LogP contribution < -0.4 is 4.90 Å². The van der Waals surface area contributed by atoms with E-state index in [-0.39, 0.29) is 11.0 Å². The van der Waals surface area contributed by atoms with Gasteiger partial charge < -0.3 is 4.90 Å². The van der Waals surface area contributed by atoms with Gasteiger partial charge in [0.05, 0.1) is 5.54 Å². The molecule has 0 saturated heterocycles. The summed E-state index contributed by atoms with van der Waals surface area (Å²) in [6.07, 6.45) is 3.68. The highest BCUT2D eigenvalue weighted by Crippen LogP contribution is 2.64. The van der Waals surface area contributed by atoms with Crippen LogP contribution in [0.2, 0.25) is 0 Å². The second-order valence-electron chi connectivity index (χ2n) is 18.2. The average molecular weight is 770 g/mol. The summed E-state index contributed by atoms with van der Waals surface area (Å²) in [6, 6.07) is 70.8. The molecule has 10 aromatic carbocycles. The second kappa shape index (κ2) is 13.2. The van der Waals surface area contributed by atoms with Crippen molar-refractivity contribution < 1.29 is 0 Å². The lowest BCUT2D eigenvalue weighted by Gasteiger charge is -2.55. The molecule has 12 rings (SSSR count). The van der Waals surface area contributed by atoms with E-state index in [2.05, 4.69) is 214 Å². The Morgan fingerprint density at radius 3 is 1.62 bits per heavy atom. The van der Waals surface area contributed by atoms with E-state index in [9.17, 15) is 0 Å². The van der Waals surface area contributed by atoms with Crippen molar-refractivity contribution in [3.05, 3.63) is 194 Å². The lowest BCUT2D eigenvalue weighted by atomic mass is 9.58. The normalized spacial score (nSPS) is 18.4. The molecule has 10 aromatic rings. The number of benzene rings is 10. The van der Waals surface area contributed by atoms with Gasteiger partial charge in [-0.15, -0.1) is 0 Å². The fourth-order valence-electron chi connectivity index (χ4n) is 11.7. The largest absolute Gasteiger partial charge is 0.334 e. The molecule has 288 valence electrons. The maximum absolute atomic E-state index is 2.70. The molecule has 0 aromatic heterocycles. The predicted molar refractivity (Wildman–Crippen MR) is 257 cm³/mol. The van der Waals surface area contributed by atoms with E-state index >= 15 is 0 Å². The summed E-state index contributed by atoms with van der Waals surface area (Å²) in [4.78, 5) is 2.70. The molecule has 60 heavy (non-hydrogen) atoms. The molecule has 0 spiro atoms. The highest BCUT2D eigenvalue weighted by molar-refractivity contribution is 6.32. The molecular weight excluding hydrogens is 723 g/mol. The van der Waals surface area contributed by atoms with Crippen LogP contribution in [-0.2, 0) is 0 Å². The van der Waals surface area contributed by atoms with Crippen LogP contribution in [-0.4, -0.2) is 5.54 Å². The van der Waals surface area contributed by atoms with Crippen molar-refractivity contribution in [1.82, 2.24) is 0 Å². The predicted octanol–water partition coefficient (Wildman–Crippen LogP) is 16.6. The van der Waals surface area contributed by atoms with Gasteiger partial charge in [-0.1, -0.05) is 172 Å². The SMILES string of the molecule is CC1(C)CCCC2c3cc(-c4cc(-c5ccccc5)c5ccc6c(-c7cccc8ccccc78)cc(-c7ccccc7)c7ccc4c5c76)ccc3N(c3ccccc3)C21C. The van der Waals surface area contributed by atoms with Crippen LogP contribution in [0, 0.1) is 5.41 Å². The number of anilines is 2.